The molecule has 0 aliphatic rings. The van der Waals surface area contributed by atoms with E-state index in [1.54, 1.807) is 13.8 Å². The molecule has 0 aromatic heterocycles. The van der Waals surface area contributed by atoms with Gasteiger partial charge in [0.2, 0.25) is 0 Å². The number of nitrogen functional groups attached to an aromatic ring is 2. The Morgan fingerprint density at radius 1 is 0.833 bits per heavy atom. The van der Waals surface area contributed by atoms with Crippen LogP contribution in [0.1, 0.15) is 11.1 Å². The molecule has 66 valence electrons. The molecule has 0 heterocycles. The minimum absolute atomic E-state index is 0.0376. The van der Waals surface area contributed by atoms with Crippen LogP contribution in [0.15, 0.2) is 0 Å². The van der Waals surface area contributed by atoms with Crippen LogP contribution in [-0.4, -0.2) is 10.2 Å². The van der Waals surface area contributed by atoms with Gasteiger partial charge in [0.1, 0.15) is 22.9 Å². The third-order valence-electron chi connectivity index (χ3n) is 2.07. The largest absolute Gasteiger partial charge is 0.505 e. The van der Waals surface area contributed by atoms with Gasteiger partial charge in [0.05, 0.1) is 0 Å². The zero-order valence-electron chi connectivity index (χ0n) is 7.05. The van der Waals surface area contributed by atoms with Crippen LogP contribution in [-0.2, 0) is 0 Å². The fourth-order valence-corrected chi connectivity index (χ4v) is 1.01. The molecule has 0 unspecified atom stereocenters. The lowest BCUT2D eigenvalue weighted by Crippen LogP contribution is -1.99. The number of nitrogens with two attached hydrogens (primary N) is 2. The molecule has 6 N–H and O–H groups in total. The van der Waals surface area contributed by atoms with E-state index in [-0.39, 0.29) is 22.9 Å². The highest BCUT2D eigenvalue weighted by molar-refractivity contribution is 5.80. The molecule has 0 saturated heterocycles. The summed E-state index contributed by atoms with van der Waals surface area (Å²) in [5.41, 5.74) is 12.0. The number of rotatable bonds is 0. The summed E-state index contributed by atoms with van der Waals surface area (Å²) in [6, 6.07) is 0. The molecule has 1 aromatic rings. The quantitative estimate of drug-likeness (QED) is 0.263. The summed E-state index contributed by atoms with van der Waals surface area (Å²) < 4.78 is 0. The van der Waals surface area contributed by atoms with Crippen LogP contribution in [0.3, 0.4) is 0 Å². The van der Waals surface area contributed by atoms with Crippen LogP contribution in [0.25, 0.3) is 0 Å². The predicted molar refractivity (Wildman–Crippen MR) is 48.1 cm³/mol. The minimum atomic E-state index is -0.0530. The van der Waals surface area contributed by atoms with Gasteiger partial charge in [-0.3, -0.25) is 0 Å². The van der Waals surface area contributed by atoms with Crippen molar-refractivity contribution in [2.24, 2.45) is 0 Å². The molecular formula is C8H12N2O2. The van der Waals surface area contributed by atoms with Crippen LogP contribution in [0.5, 0.6) is 11.5 Å². The standard InChI is InChI=1S/C8H12N2O2/c1-3-4(2)8(12)6(10)5(9)7(3)11/h11-12H,9-10H2,1-2H3. The van der Waals surface area contributed by atoms with Crippen molar-refractivity contribution in [2.45, 2.75) is 13.8 Å². The summed E-state index contributed by atoms with van der Waals surface area (Å²) >= 11 is 0. The van der Waals surface area contributed by atoms with E-state index < -0.39 is 0 Å². The van der Waals surface area contributed by atoms with Crippen LogP contribution < -0.4 is 11.5 Å². The SMILES string of the molecule is Cc1c(C)c(O)c(N)c(N)c1O. The summed E-state index contributed by atoms with van der Waals surface area (Å²) in [5, 5.41) is 18.8. The summed E-state index contributed by atoms with van der Waals surface area (Å²) in [7, 11) is 0. The van der Waals surface area contributed by atoms with Crippen molar-refractivity contribution >= 4 is 11.4 Å². The van der Waals surface area contributed by atoms with Gasteiger partial charge >= 0.3 is 0 Å². The third kappa shape index (κ3) is 0.922. The molecule has 1 rings (SSSR count). The Kier molecular flexibility index (Phi) is 1.76. The van der Waals surface area contributed by atoms with Crippen molar-refractivity contribution < 1.29 is 10.2 Å². The molecule has 0 aliphatic carbocycles. The molecule has 0 saturated carbocycles. The second-order valence-electron chi connectivity index (χ2n) is 2.77. The highest BCUT2D eigenvalue weighted by atomic mass is 16.3. The Labute approximate surface area is 70.4 Å². The van der Waals surface area contributed by atoms with Gasteiger partial charge in [0.15, 0.2) is 0 Å². The van der Waals surface area contributed by atoms with E-state index in [1.807, 2.05) is 0 Å². The molecule has 0 bridgehead atoms. The van der Waals surface area contributed by atoms with E-state index >= 15 is 0 Å². The first-order chi connectivity index (χ1) is 5.46. The Morgan fingerprint density at radius 3 is 1.33 bits per heavy atom. The zero-order chi connectivity index (χ0) is 9.46. The molecule has 4 nitrogen and oxygen atoms in total. The zero-order valence-corrected chi connectivity index (χ0v) is 7.05. The minimum Gasteiger partial charge on any atom is -0.505 e. The van der Waals surface area contributed by atoms with Crippen molar-refractivity contribution in [2.75, 3.05) is 11.5 Å². The average molecular weight is 168 g/mol. The van der Waals surface area contributed by atoms with E-state index in [0.29, 0.717) is 11.1 Å². The Hall–Kier alpha value is -1.58. The van der Waals surface area contributed by atoms with Crippen LogP contribution in [0, 0.1) is 13.8 Å². The number of anilines is 2. The van der Waals surface area contributed by atoms with Crippen molar-refractivity contribution in [3.8, 4) is 11.5 Å². The maximum Gasteiger partial charge on any atom is 0.144 e. The Balaban J connectivity index is 3.60. The van der Waals surface area contributed by atoms with Crippen molar-refractivity contribution in [1.82, 2.24) is 0 Å². The molecule has 1 aromatic carbocycles. The third-order valence-corrected chi connectivity index (χ3v) is 2.07. The number of benzene rings is 1. The molecule has 0 amide bonds. The first kappa shape index (κ1) is 8.52. The summed E-state index contributed by atoms with van der Waals surface area (Å²) in [5.74, 6) is -0.106. The summed E-state index contributed by atoms with van der Waals surface area (Å²) in [4.78, 5) is 0. The van der Waals surface area contributed by atoms with E-state index in [1.165, 1.54) is 0 Å². The maximum absolute atomic E-state index is 9.38. The van der Waals surface area contributed by atoms with Gasteiger partial charge in [-0.1, -0.05) is 0 Å². The number of phenols is 2. The topological polar surface area (TPSA) is 92.5 Å². The normalized spacial score (nSPS) is 10.2. The van der Waals surface area contributed by atoms with E-state index in [9.17, 15) is 10.2 Å². The van der Waals surface area contributed by atoms with E-state index in [2.05, 4.69) is 0 Å². The number of hydrogen-bond donors (Lipinski definition) is 4. The fraction of sp³-hybridized carbons (Fsp3) is 0.250. The summed E-state index contributed by atoms with van der Waals surface area (Å²) in [6.45, 7) is 3.33. The van der Waals surface area contributed by atoms with Crippen LogP contribution in [0.4, 0.5) is 11.4 Å². The molecule has 0 fully saturated rings. The van der Waals surface area contributed by atoms with Crippen LogP contribution >= 0.6 is 0 Å². The lowest BCUT2D eigenvalue weighted by molar-refractivity contribution is 0.457. The molecule has 0 spiro atoms. The van der Waals surface area contributed by atoms with Gasteiger partial charge in [-0.25, -0.2) is 0 Å². The van der Waals surface area contributed by atoms with Crippen molar-refractivity contribution in [3.63, 3.8) is 0 Å². The fourth-order valence-electron chi connectivity index (χ4n) is 1.01. The lowest BCUT2D eigenvalue weighted by atomic mass is 10.1. The maximum atomic E-state index is 9.38. The smallest absolute Gasteiger partial charge is 0.144 e. The van der Waals surface area contributed by atoms with Crippen LogP contribution in [0.2, 0.25) is 0 Å². The molecular weight excluding hydrogens is 156 g/mol. The molecule has 0 atom stereocenters. The van der Waals surface area contributed by atoms with Gasteiger partial charge < -0.3 is 21.7 Å². The average Bonchev–Trinajstić information content (AvgIpc) is 2.08. The van der Waals surface area contributed by atoms with Gasteiger partial charge in [0.25, 0.3) is 0 Å². The van der Waals surface area contributed by atoms with Crippen molar-refractivity contribution in [3.05, 3.63) is 11.1 Å². The Bertz CT molecular complexity index is 229. The van der Waals surface area contributed by atoms with E-state index in [0.717, 1.165) is 0 Å². The molecule has 4 heteroatoms. The van der Waals surface area contributed by atoms with Gasteiger partial charge in [-0.05, 0) is 25.0 Å². The number of aromatic hydroxyl groups is 2. The highest BCUT2D eigenvalue weighted by Crippen LogP contribution is 2.40. The lowest BCUT2D eigenvalue weighted by Gasteiger charge is -2.11. The van der Waals surface area contributed by atoms with Crippen molar-refractivity contribution in [1.29, 1.82) is 0 Å². The number of hydrogen-bond acceptors (Lipinski definition) is 4. The monoisotopic (exact) mass is 168 g/mol. The van der Waals surface area contributed by atoms with E-state index in [4.69, 9.17) is 11.5 Å². The summed E-state index contributed by atoms with van der Waals surface area (Å²) in [6.07, 6.45) is 0. The Morgan fingerprint density at radius 2 is 1.08 bits per heavy atom. The van der Waals surface area contributed by atoms with Gasteiger partial charge in [-0.15, -0.1) is 0 Å². The predicted octanol–water partition coefficient (Wildman–Crippen LogP) is 0.879. The van der Waals surface area contributed by atoms with Gasteiger partial charge in [-0.2, -0.15) is 0 Å². The second-order valence-corrected chi connectivity index (χ2v) is 2.77. The first-order valence-corrected chi connectivity index (χ1v) is 3.52. The number of phenolic OH excluding ortho intramolecular Hbond substituents is 2. The second kappa shape index (κ2) is 2.48. The molecule has 0 radical (unpaired) electrons. The molecule has 12 heavy (non-hydrogen) atoms. The van der Waals surface area contributed by atoms with Gasteiger partial charge in [0, 0.05) is 0 Å². The first-order valence-electron chi connectivity index (χ1n) is 3.52. The highest BCUT2D eigenvalue weighted by Gasteiger charge is 2.13. The molecule has 0 aliphatic heterocycles.